The van der Waals surface area contributed by atoms with Crippen molar-refractivity contribution in [2.75, 3.05) is 7.11 Å². The van der Waals surface area contributed by atoms with Gasteiger partial charge in [-0.25, -0.2) is 0 Å². The molecule has 0 aliphatic carbocycles. The Morgan fingerprint density at radius 3 is 2.47 bits per heavy atom. The van der Waals surface area contributed by atoms with Crippen LogP contribution in [0.2, 0.25) is 5.02 Å². The molecule has 3 N–H and O–H groups in total. The minimum absolute atomic E-state index is 0. The van der Waals surface area contributed by atoms with Crippen molar-refractivity contribution in [2.24, 2.45) is 5.73 Å². The Balaban J connectivity index is 0.00000324. The van der Waals surface area contributed by atoms with Gasteiger partial charge in [0.15, 0.2) is 11.5 Å². The van der Waals surface area contributed by atoms with Crippen LogP contribution in [0.25, 0.3) is 0 Å². The number of methoxy groups -OCH3 is 1. The third-order valence-corrected chi connectivity index (χ3v) is 2.73. The van der Waals surface area contributed by atoms with Gasteiger partial charge in [0.2, 0.25) is 0 Å². The molecule has 0 aliphatic heterocycles. The number of hydrogen-bond donors (Lipinski definition) is 2. The second-order valence-electron chi connectivity index (χ2n) is 3.81. The standard InChI is InChI=1S/C11H13ClF3NO2.ClH/c1-18-9-5-6(4-7(12)10(9)17)8(16)2-3-11(13,14)15;/h4-5,8,17H,2-3,16H2,1H3;1H/t8-;/m0./s1. The van der Waals surface area contributed by atoms with Gasteiger partial charge in [-0.3, -0.25) is 0 Å². The highest BCUT2D eigenvalue weighted by Gasteiger charge is 2.28. The van der Waals surface area contributed by atoms with Gasteiger partial charge in [0.1, 0.15) is 0 Å². The van der Waals surface area contributed by atoms with Crippen molar-refractivity contribution < 1.29 is 23.0 Å². The minimum Gasteiger partial charge on any atom is -0.503 e. The molecule has 0 aliphatic rings. The van der Waals surface area contributed by atoms with Crippen molar-refractivity contribution in [3.05, 3.63) is 22.7 Å². The van der Waals surface area contributed by atoms with Crippen LogP contribution in [0, 0.1) is 0 Å². The molecule has 0 radical (unpaired) electrons. The molecule has 3 nitrogen and oxygen atoms in total. The fourth-order valence-corrected chi connectivity index (χ4v) is 1.67. The van der Waals surface area contributed by atoms with Gasteiger partial charge < -0.3 is 15.6 Å². The van der Waals surface area contributed by atoms with E-state index in [1.54, 1.807) is 0 Å². The summed E-state index contributed by atoms with van der Waals surface area (Å²) in [4.78, 5) is 0. The van der Waals surface area contributed by atoms with Crippen molar-refractivity contribution in [3.8, 4) is 11.5 Å². The third-order valence-electron chi connectivity index (χ3n) is 2.44. The first kappa shape index (κ1) is 18.1. The highest BCUT2D eigenvalue weighted by atomic mass is 35.5. The van der Waals surface area contributed by atoms with Gasteiger partial charge in [0.25, 0.3) is 0 Å². The van der Waals surface area contributed by atoms with Crippen LogP contribution in [0.3, 0.4) is 0 Å². The van der Waals surface area contributed by atoms with Gasteiger partial charge >= 0.3 is 6.18 Å². The number of halogens is 5. The number of nitrogens with two attached hydrogens (primary N) is 1. The van der Waals surface area contributed by atoms with Crippen LogP contribution >= 0.6 is 24.0 Å². The van der Waals surface area contributed by atoms with E-state index in [1.165, 1.54) is 19.2 Å². The minimum atomic E-state index is -4.25. The first-order chi connectivity index (χ1) is 8.24. The molecule has 19 heavy (non-hydrogen) atoms. The molecular weight excluding hydrogens is 306 g/mol. The molecular formula is C11H14Cl2F3NO2. The Morgan fingerprint density at radius 1 is 1.42 bits per heavy atom. The van der Waals surface area contributed by atoms with Crippen molar-refractivity contribution in [3.63, 3.8) is 0 Å². The van der Waals surface area contributed by atoms with Crippen LogP contribution in [-0.2, 0) is 0 Å². The van der Waals surface area contributed by atoms with Crippen LogP contribution in [0.4, 0.5) is 13.2 Å². The van der Waals surface area contributed by atoms with E-state index in [2.05, 4.69) is 0 Å². The topological polar surface area (TPSA) is 55.5 Å². The van der Waals surface area contributed by atoms with E-state index in [9.17, 15) is 18.3 Å². The normalized spacial score (nSPS) is 12.7. The molecule has 0 heterocycles. The maximum absolute atomic E-state index is 12.1. The van der Waals surface area contributed by atoms with E-state index >= 15 is 0 Å². The van der Waals surface area contributed by atoms with E-state index in [0.29, 0.717) is 5.56 Å². The van der Waals surface area contributed by atoms with Gasteiger partial charge in [-0.2, -0.15) is 13.2 Å². The van der Waals surface area contributed by atoms with E-state index in [4.69, 9.17) is 22.1 Å². The largest absolute Gasteiger partial charge is 0.503 e. The third kappa shape index (κ3) is 5.34. The molecule has 110 valence electrons. The number of phenolic OH excluding ortho intramolecular Hbond substituents is 1. The fraction of sp³-hybridized carbons (Fsp3) is 0.455. The summed E-state index contributed by atoms with van der Waals surface area (Å²) in [6.45, 7) is 0. The van der Waals surface area contributed by atoms with Crippen molar-refractivity contribution >= 4 is 24.0 Å². The number of phenols is 1. The van der Waals surface area contributed by atoms with E-state index in [1.807, 2.05) is 0 Å². The molecule has 0 fully saturated rings. The van der Waals surface area contributed by atoms with Crippen LogP contribution < -0.4 is 10.5 Å². The first-order valence-corrected chi connectivity index (χ1v) is 5.51. The van der Waals surface area contributed by atoms with Crippen molar-refractivity contribution in [2.45, 2.75) is 25.1 Å². The number of hydrogen-bond acceptors (Lipinski definition) is 3. The van der Waals surface area contributed by atoms with Gasteiger partial charge in [-0.1, -0.05) is 11.6 Å². The summed E-state index contributed by atoms with van der Waals surface area (Å²) in [6.07, 6.45) is -5.48. The van der Waals surface area contributed by atoms with E-state index in [-0.39, 0.29) is 35.3 Å². The van der Waals surface area contributed by atoms with Crippen molar-refractivity contribution in [1.82, 2.24) is 0 Å². The molecule has 1 aromatic rings. The van der Waals surface area contributed by atoms with Crippen LogP contribution in [0.15, 0.2) is 12.1 Å². The number of rotatable bonds is 4. The predicted octanol–water partition coefficient (Wildman–Crippen LogP) is 3.82. The maximum atomic E-state index is 12.1. The summed E-state index contributed by atoms with van der Waals surface area (Å²) in [5.41, 5.74) is 6.04. The Hall–Kier alpha value is -0.850. The maximum Gasteiger partial charge on any atom is 0.389 e. The average molecular weight is 320 g/mol. The Bertz CT molecular complexity index is 427. The van der Waals surface area contributed by atoms with Gasteiger partial charge in [0.05, 0.1) is 12.1 Å². The Labute approximate surface area is 119 Å². The second kappa shape index (κ2) is 7.07. The second-order valence-corrected chi connectivity index (χ2v) is 4.22. The number of alkyl halides is 3. The summed E-state index contributed by atoms with van der Waals surface area (Å²) in [6, 6.07) is 1.89. The van der Waals surface area contributed by atoms with Crippen molar-refractivity contribution in [1.29, 1.82) is 0 Å². The molecule has 0 spiro atoms. The predicted molar refractivity (Wildman–Crippen MR) is 69.1 cm³/mol. The SMILES string of the molecule is COc1cc([C@@H](N)CCC(F)(F)F)cc(Cl)c1O.Cl. The van der Waals surface area contributed by atoms with Crippen LogP contribution in [-0.4, -0.2) is 18.4 Å². The van der Waals surface area contributed by atoms with Crippen LogP contribution in [0.1, 0.15) is 24.4 Å². The zero-order chi connectivity index (χ0) is 13.9. The monoisotopic (exact) mass is 319 g/mol. The molecule has 8 heteroatoms. The molecule has 1 rings (SSSR count). The molecule has 0 saturated carbocycles. The average Bonchev–Trinajstić information content (AvgIpc) is 2.28. The lowest BCUT2D eigenvalue weighted by atomic mass is 10.0. The molecule has 0 bridgehead atoms. The van der Waals surface area contributed by atoms with Gasteiger partial charge in [-0.15, -0.1) is 12.4 Å². The number of aromatic hydroxyl groups is 1. The lowest BCUT2D eigenvalue weighted by molar-refractivity contribution is -0.136. The van der Waals surface area contributed by atoms with E-state index < -0.39 is 18.6 Å². The fourth-order valence-electron chi connectivity index (χ4n) is 1.45. The first-order valence-electron chi connectivity index (χ1n) is 5.13. The Morgan fingerprint density at radius 2 is 2.00 bits per heavy atom. The number of ether oxygens (including phenoxy) is 1. The zero-order valence-electron chi connectivity index (χ0n) is 10.00. The molecule has 0 saturated heterocycles. The summed E-state index contributed by atoms with van der Waals surface area (Å²) in [5, 5.41) is 9.48. The lowest BCUT2D eigenvalue weighted by Gasteiger charge is -2.15. The molecule has 0 unspecified atom stereocenters. The zero-order valence-corrected chi connectivity index (χ0v) is 11.6. The smallest absolute Gasteiger partial charge is 0.389 e. The van der Waals surface area contributed by atoms with Crippen LogP contribution in [0.5, 0.6) is 11.5 Å². The Kier molecular flexibility index (Phi) is 6.76. The highest BCUT2D eigenvalue weighted by molar-refractivity contribution is 6.32. The summed E-state index contributed by atoms with van der Waals surface area (Å²) >= 11 is 5.72. The molecule has 0 aromatic heterocycles. The molecule has 0 amide bonds. The van der Waals surface area contributed by atoms with Gasteiger partial charge in [0, 0.05) is 12.5 Å². The summed E-state index contributed by atoms with van der Waals surface area (Å²) in [7, 11) is 1.32. The number of benzene rings is 1. The van der Waals surface area contributed by atoms with E-state index in [0.717, 1.165) is 0 Å². The van der Waals surface area contributed by atoms with Gasteiger partial charge in [-0.05, 0) is 24.1 Å². The summed E-state index contributed by atoms with van der Waals surface area (Å²) in [5.74, 6) is -0.175. The molecule has 1 atom stereocenters. The molecule has 1 aromatic carbocycles. The lowest BCUT2D eigenvalue weighted by Crippen LogP contribution is -2.15. The summed E-state index contributed by atoms with van der Waals surface area (Å²) < 4.78 is 41.1. The quantitative estimate of drug-likeness (QED) is 0.887. The highest BCUT2D eigenvalue weighted by Crippen LogP contribution is 2.37.